The van der Waals surface area contributed by atoms with Gasteiger partial charge in [0.25, 0.3) is 0 Å². The largest absolute Gasteiger partial charge is 0.300 e. The molecule has 0 aromatic heterocycles. The Labute approximate surface area is 81.9 Å². The highest BCUT2D eigenvalue weighted by molar-refractivity contribution is 5.75. The Morgan fingerprint density at radius 1 is 1.38 bits per heavy atom. The summed E-state index contributed by atoms with van der Waals surface area (Å²) in [5.41, 5.74) is 0.352. The Balaban J connectivity index is 2.76. The van der Waals surface area contributed by atoms with E-state index < -0.39 is 0 Å². The first-order valence-electron chi connectivity index (χ1n) is 5.35. The van der Waals surface area contributed by atoms with Crippen LogP contribution >= 0.6 is 0 Å². The van der Waals surface area contributed by atoms with Crippen molar-refractivity contribution in [3.05, 3.63) is 0 Å². The summed E-state index contributed by atoms with van der Waals surface area (Å²) in [6, 6.07) is 0. The molecule has 0 aliphatic heterocycles. The first-order valence-corrected chi connectivity index (χ1v) is 5.35. The quantitative estimate of drug-likeness (QED) is 0.640. The van der Waals surface area contributed by atoms with Gasteiger partial charge in [-0.1, -0.05) is 27.7 Å². The molecule has 0 aromatic carbocycles. The van der Waals surface area contributed by atoms with Crippen LogP contribution in [-0.2, 0) is 4.79 Å². The zero-order valence-electron chi connectivity index (χ0n) is 9.55. The van der Waals surface area contributed by atoms with Crippen molar-refractivity contribution in [3.63, 3.8) is 0 Å². The topological polar surface area (TPSA) is 17.1 Å². The van der Waals surface area contributed by atoms with Crippen LogP contribution in [0.15, 0.2) is 0 Å². The van der Waals surface area contributed by atoms with E-state index in [1.807, 2.05) is 0 Å². The predicted octanol–water partition coefficient (Wildman–Crippen LogP) is 3.28. The van der Waals surface area contributed by atoms with Crippen LogP contribution < -0.4 is 0 Å². The molecule has 0 N–H and O–H groups in total. The van der Waals surface area contributed by atoms with Crippen LogP contribution in [0.1, 0.15) is 47.5 Å². The van der Waals surface area contributed by atoms with Gasteiger partial charge in [0.1, 0.15) is 5.78 Å². The van der Waals surface area contributed by atoms with E-state index in [1.165, 1.54) is 6.42 Å². The van der Waals surface area contributed by atoms with Gasteiger partial charge in [0.05, 0.1) is 0 Å². The van der Waals surface area contributed by atoms with E-state index in [0.717, 1.165) is 12.3 Å². The molecule has 0 aromatic rings. The summed E-state index contributed by atoms with van der Waals surface area (Å²) >= 11 is 0. The van der Waals surface area contributed by atoms with Crippen LogP contribution in [-0.4, -0.2) is 5.78 Å². The summed E-state index contributed by atoms with van der Waals surface area (Å²) in [6.45, 7) is 10.9. The zero-order chi connectivity index (χ0) is 10.2. The Hall–Kier alpha value is -0.330. The number of hydrogen-bond acceptors (Lipinski definition) is 1. The van der Waals surface area contributed by atoms with Crippen molar-refractivity contribution in [1.29, 1.82) is 0 Å². The molecule has 1 saturated carbocycles. The highest BCUT2D eigenvalue weighted by atomic mass is 16.1. The summed E-state index contributed by atoms with van der Waals surface area (Å²) in [6.07, 6.45) is 2.06. The number of Topliss-reactive ketones (excluding diaryl/α,β-unsaturated/α-hetero) is 1. The normalized spacial score (nSPS) is 37.8. The van der Waals surface area contributed by atoms with Gasteiger partial charge in [0.15, 0.2) is 0 Å². The maximum Gasteiger partial charge on any atom is 0.130 e. The number of hydrogen-bond donors (Lipinski definition) is 0. The molecular weight excluding hydrogens is 160 g/mol. The molecule has 1 fully saturated rings. The van der Waals surface area contributed by atoms with Gasteiger partial charge in [-0.15, -0.1) is 0 Å². The van der Waals surface area contributed by atoms with Crippen LogP contribution in [0.3, 0.4) is 0 Å². The Bertz CT molecular complexity index is 205. The van der Waals surface area contributed by atoms with Crippen molar-refractivity contribution in [3.8, 4) is 0 Å². The lowest BCUT2D eigenvalue weighted by atomic mass is 9.73. The average Bonchev–Trinajstić information content (AvgIpc) is 2.13. The van der Waals surface area contributed by atoms with E-state index in [0.29, 0.717) is 23.0 Å². The number of carbonyl (C=O) groups is 1. The van der Waals surface area contributed by atoms with Crippen molar-refractivity contribution in [2.75, 3.05) is 0 Å². The minimum atomic E-state index is 0.346. The summed E-state index contributed by atoms with van der Waals surface area (Å²) in [7, 11) is 0. The molecule has 76 valence electrons. The molecule has 1 rings (SSSR count). The van der Waals surface area contributed by atoms with Crippen LogP contribution in [0.5, 0.6) is 0 Å². The zero-order valence-corrected chi connectivity index (χ0v) is 9.55. The fraction of sp³-hybridized carbons (Fsp3) is 0.917. The van der Waals surface area contributed by atoms with E-state index in [4.69, 9.17) is 0 Å². The highest BCUT2D eigenvalue weighted by Crippen LogP contribution is 2.51. The standard InChI is InChI=1S/C12H22O/c1-8-6-9(2)12(4,5)11(8)7-10(3)13/h8-9,11H,6-7H2,1-5H3. The number of carbonyl (C=O) groups excluding carboxylic acids is 1. The smallest absolute Gasteiger partial charge is 0.130 e. The van der Waals surface area contributed by atoms with E-state index in [1.54, 1.807) is 6.92 Å². The van der Waals surface area contributed by atoms with Crippen LogP contribution in [0.2, 0.25) is 0 Å². The fourth-order valence-corrected chi connectivity index (χ4v) is 2.90. The molecule has 3 unspecified atom stereocenters. The molecule has 3 atom stereocenters. The van der Waals surface area contributed by atoms with Crippen LogP contribution in [0.25, 0.3) is 0 Å². The molecule has 0 heterocycles. The predicted molar refractivity (Wildman–Crippen MR) is 55.5 cm³/mol. The second-order valence-electron chi connectivity index (χ2n) is 5.45. The maximum absolute atomic E-state index is 11.1. The third-order valence-corrected chi connectivity index (χ3v) is 4.15. The Morgan fingerprint density at radius 2 is 1.92 bits per heavy atom. The minimum Gasteiger partial charge on any atom is -0.300 e. The molecule has 1 aliphatic carbocycles. The molecular formula is C12H22O. The lowest BCUT2D eigenvalue weighted by Crippen LogP contribution is -2.26. The van der Waals surface area contributed by atoms with Crippen molar-refractivity contribution in [1.82, 2.24) is 0 Å². The lowest BCUT2D eigenvalue weighted by molar-refractivity contribution is -0.119. The highest BCUT2D eigenvalue weighted by Gasteiger charge is 2.44. The molecule has 0 radical (unpaired) electrons. The molecule has 13 heavy (non-hydrogen) atoms. The molecule has 0 amide bonds. The third-order valence-electron chi connectivity index (χ3n) is 4.15. The first-order chi connectivity index (χ1) is 5.85. The second kappa shape index (κ2) is 3.43. The number of ketones is 1. The van der Waals surface area contributed by atoms with Gasteiger partial charge in [0, 0.05) is 6.42 Å². The van der Waals surface area contributed by atoms with Gasteiger partial charge in [-0.2, -0.15) is 0 Å². The van der Waals surface area contributed by atoms with Gasteiger partial charge in [0.2, 0.25) is 0 Å². The van der Waals surface area contributed by atoms with Crippen molar-refractivity contribution >= 4 is 5.78 Å². The number of rotatable bonds is 2. The molecule has 1 nitrogen and oxygen atoms in total. The van der Waals surface area contributed by atoms with E-state index >= 15 is 0 Å². The van der Waals surface area contributed by atoms with Gasteiger partial charge in [-0.05, 0) is 36.5 Å². The lowest BCUT2D eigenvalue weighted by Gasteiger charge is -2.32. The van der Waals surface area contributed by atoms with Crippen molar-refractivity contribution in [2.45, 2.75) is 47.5 Å². The maximum atomic E-state index is 11.1. The third kappa shape index (κ3) is 1.95. The van der Waals surface area contributed by atoms with Crippen molar-refractivity contribution in [2.24, 2.45) is 23.2 Å². The summed E-state index contributed by atoms with van der Waals surface area (Å²) in [5.74, 6) is 2.42. The first kappa shape index (κ1) is 10.7. The molecule has 0 bridgehead atoms. The van der Waals surface area contributed by atoms with Gasteiger partial charge in [-0.3, -0.25) is 0 Å². The van der Waals surface area contributed by atoms with E-state index in [2.05, 4.69) is 27.7 Å². The van der Waals surface area contributed by atoms with Gasteiger partial charge >= 0.3 is 0 Å². The Kier molecular flexibility index (Phi) is 2.84. The molecule has 0 spiro atoms. The van der Waals surface area contributed by atoms with Gasteiger partial charge in [-0.25, -0.2) is 0 Å². The van der Waals surface area contributed by atoms with Crippen molar-refractivity contribution < 1.29 is 4.79 Å². The van der Waals surface area contributed by atoms with E-state index in [9.17, 15) is 4.79 Å². The minimum absolute atomic E-state index is 0.346. The molecule has 0 saturated heterocycles. The monoisotopic (exact) mass is 182 g/mol. The average molecular weight is 182 g/mol. The summed E-state index contributed by atoms with van der Waals surface area (Å²) in [4.78, 5) is 11.1. The second-order valence-corrected chi connectivity index (χ2v) is 5.45. The van der Waals surface area contributed by atoms with E-state index in [-0.39, 0.29) is 0 Å². The fourth-order valence-electron chi connectivity index (χ4n) is 2.90. The molecule has 1 aliphatic rings. The Morgan fingerprint density at radius 3 is 2.23 bits per heavy atom. The van der Waals surface area contributed by atoms with Crippen LogP contribution in [0, 0.1) is 23.2 Å². The molecule has 1 heteroatoms. The van der Waals surface area contributed by atoms with Crippen LogP contribution in [0.4, 0.5) is 0 Å². The summed E-state index contributed by atoms with van der Waals surface area (Å²) in [5, 5.41) is 0. The SMILES string of the molecule is CC(=O)CC1C(C)CC(C)C1(C)C. The van der Waals surface area contributed by atoms with Gasteiger partial charge < -0.3 is 4.79 Å². The summed E-state index contributed by atoms with van der Waals surface area (Å²) < 4.78 is 0.